The maximum atomic E-state index is 14.2. The number of nitrogens with one attached hydrogen (secondary N) is 1. The number of nitrogens with zero attached hydrogens (tertiary/aromatic N) is 2. The van der Waals surface area contributed by atoms with Crippen LogP contribution in [0.25, 0.3) is 10.9 Å². The molecule has 0 bridgehead atoms. The molecule has 1 amide bonds. The molecule has 2 heterocycles. The van der Waals surface area contributed by atoms with Gasteiger partial charge in [-0.3, -0.25) is 9.89 Å². The number of carbonyl (C=O) groups is 1. The molecule has 0 aliphatic carbocycles. The molecule has 0 unspecified atom stereocenters. The van der Waals surface area contributed by atoms with Crippen LogP contribution in [-0.4, -0.2) is 38.8 Å². The van der Waals surface area contributed by atoms with Gasteiger partial charge in [-0.2, -0.15) is 5.10 Å². The Morgan fingerprint density at radius 1 is 1.28 bits per heavy atom. The molecule has 4 rings (SSSR count). The van der Waals surface area contributed by atoms with Gasteiger partial charge in [0.2, 0.25) is 0 Å². The Bertz CT molecular complexity index is 956. The number of carbonyl (C=O) groups excluding carboxylic acids is 1. The van der Waals surface area contributed by atoms with Gasteiger partial charge in [0, 0.05) is 17.5 Å². The number of hydrogen-bond donors (Lipinski definition) is 2. The first-order valence-electron chi connectivity index (χ1n) is 7.90. The first-order valence-corrected chi connectivity index (χ1v) is 7.90. The summed E-state index contributed by atoms with van der Waals surface area (Å²) in [6, 6.07) is 7.61. The molecule has 0 saturated carbocycles. The number of aromatic nitrogens is 2. The quantitative estimate of drug-likeness (QED) is 0.752. The van der Waals surface area contributed by atoms with Gasteiger partial charge in [0.25, 0.3) is 5.91 Å². The second kappa shape index (κ2) is 5.93. The van der Waals surface area contributed by atoms with Crippen LogP contribution in [0.3, 0.4) is 0 Å². The van der Waals surface area contributed by atoms with Crippen LogP contribution >= 0.6 is 0 Å². The van der Waals surface area contributed by atoms with Gasteiger partial charge in [0.15, 0.2) is 0 Å². The van der Waals surface area contributed by atoms with Gasteiger partial charge < -0.3 is 10.0 Å². The summed E-state index contributed by atoms with van der Waals surface area (Å²) in [7, 11) is 0. The molecule has 1 aromatic heterocycles. The number of rotatable bonds is 2. The number of aromatic amines is 1. The van der Waals surface area contributed by atoms with Gasteiger partial charge in [-0.05, 0) is 30.7 Å². The number of likely N-dealkylation sites (tertiary alicyclic amines) is 1. The van der Waals surface area contributed by atoms with Crippen molar-refractivity contribution in [3.05, 3.63) is 65.4 Å². The largest absolute Gasteiger partial charge is 0.391 e. The Morgan fingerprint density at radius 2 is 2.12 bits per heavy atom. The minimum absolute atomic E-state index is 0.0595. The van der Waals surface area contributed by atoms with E-state index in [-0.39, 0.29) is 24.4 Å². The molecule has 5 nitrogen and oxygen atoms in total. The van der Waals surface area contributed by atoms with Gasteiger partial charge in [-0.25, -0.2) is 8.78 Å². The molecule has 7 heteroatoms. The number of benzene rings is 2. The van der Waals surface area contributed by atoms with Crippen molar-refractivity contribution in [1.29, 1.82) is 0 Å². The summed E-state index contributed by atoms with van der Waals surface area (Å²) in [6.07, 6.45) is 0.970. The van der Waals surface area contributed by atoms with Crippen LogP contribution in [0.1, 0.15) is 28.4 Å². The number of amides is 1. The minimum Gasteiger partial charge on any atom is -0.391 e. The van der Waals surface area contributed by atoms with E-state index in [0.29, 0.717) is 11.1 Å². The van der Waals surface area contributed by atoms with E-state index in [1.54, 1.807) is 18.3 Å². The van der Waals surface area contributed by atoms with Crippen molar-refractivity contribution in [2.45, 2.75) is 18.6 Å². The number of aliphatic hydroxyl groups excluding tert-OH is 1. The van der Waals surface area contributed by atoms with Crippen molar-refractivity contribution in [2.24, 2.45) is 0 Å². The molecule has 1 aliphatic heterocycles. The van der Waals surface area contributed by atoms with E-state index < -0.39 is 23.8 Å². The SMILES string of the molecule is O=C(c1cccc2cn[nH]c12)N1C[C@@H](O)C[C@H]1c1cc(F)ccc1F. The van der Waals surface area contributed by atoms with Gasteiger partial charge >= 0.3 is 0 Å². The predicted octanol–water partition coefficient (Wildman–Crippen LogP) is 2.79. The number of halogens is 2. The Hall–Kier alpha value is -2.80. The molecule has 3 aromatic rings. The third-order valence-electron chi connectivity index (χ3n) is 4.56. The summed E-state index contributed by atoms with van der Waals surface area (Å²) >= 11 is 0. The highest BCUT2D eigenvalue weighted by molar-refractivity contribution is 6.05. The zero-order valence-corrected chi connectivity index (χ0v) is 13.1. The lowest BCUT2D eigenvalue weighted by atomic mass is 10.0. The lowest BCUT2D eigenvalue weighted by Crippen LogP contribution is -2.32. The summed E-state index contributed by atoms with van der Waals surface area (Å²) < 4.78 is 27.8. The fraction of sp³-hybridized carbons (Fsp3) is 0.222. The molecule has 1 aliphatic rings. The molecular weight excluding hydrogens is 328 g/mol. The maximum absolute atomic E-state index is 14.2. The Morgan fingerprint density at radius 3 is 2.96 bits per heavy atom. The van der Waals surface area contributed by atoms with Crippen LogP contribution in [-0.2, 0) is 0 Å². The van der Waals surface area contributed by atoms with E-state index in [1.807, 2.05) is 6.07 Å². The molecule has 0 radical (unpaired) electrons. The lowest BCUT2D eigenvalue weighted by molar-refractivity contribution is 0.0715. The van der Waals surface area contributed by atoms with E-state index in [4.69, 9.17) is 0 Å². The molecule has 0 spiro atoms. The van der Waals surface area contributed by atoms with E-state index in [1.165, 1.54) is 4.90 Å². The van der Waals surface area contributed by atoms with Crippen molar-refractivity contribution in [1.82, 2.24) is 15.1 Å². The summed E-state index contributed by atoms with van der Waals surface area (Å²) in [5.74, 6) is -1.54. The van der Waals surface area contributed by atoms with E-state index in [0.717, 1.165) is 23.6 Å². The summed E-state index contributed by atoms with van der Waals surface area (Å²) in [6.45, 7) is 0.0595. The smallest absolute Gasteiger partial charge is 0.256 e. The summed E-state index contributed by atoms with van der Waals surface area (Å²) in [5.41, 5.74) is 1.03. The normalized spacial score (nSPS) is 20.4. The first kappa shape index (κ1) is 15.7. The molecule has 1 saturated heterocycles. The van der Waals surface area contributed by atoms with Crippen molar-refractivity contribution >= 4 is 16.8 Å². The number of aliphatic hydroxyl groups is 1. The van der Waals surface area contributed by atoms with Crippen LogP contribution in [0.2, 0.25) is 0 Å². The Labute approximate surface area is 141 Å². The molecule has 25 heavy (non-hydrogen) atoms. The lowest BCUT2D eigenvalue weighted by Gasteiger charge is -2.25. The Balaban J connectivity index is 1.76. The average molecular weight is 343 g/mol. The van der Waals surface area contributed by atoms with Gasteiger partial charge in [0.1, 0.15) is 11.6 Å². The van der Waals surface area contributed by atoms with Crippen molar-refractivity contribution in [3.8, 4) is 0 Å². The fourth-order valence-electron chi connectivity index (χ4n) is 3.40. The van der Waals surface area contributed by atoms with Crippen LogP contribution in [0, 0.1) is 11.6 Å². The topological polar surface area (TPSA) is 69.2 Å². The predicted molar refractivity (Wildman–Crippen MR) is 86.9 cm³/mol. The highest BCUT2D eigenvalue weighted by Crippen LogP contribution is 2.35. The van der Waals surface area contributed by atoms with Crippen LogP contribution in [0.4, 0.5) is 8.78 Å². The molecular formula is C18H15F2N3O2. The standard InChI is InChI=1S/C18H15F2N3O2/c19-11-4-5-15(20)14(6-11)16-7-12(24)9-23(16)18(25)13-3-1-2-10-8-21-22-17(10)13/h1-6,8,12,16,24H,7,9H2,(H,21,22)/t12-,16-/m0/s1. The van der Waals surface area contributed by atoms with E-state index in [2.05, 4.69) is 10.2 Å². The second-order valence-corrected chi connectivity index (χ2v) is 6.17. The van der Waals surface area contributed by atoms with Gasteiger partial charge in [0.05, 0.1) is 29.4 Å². The maximum Gasteiger partial charge on any atom is 0.256 e. The fourth-order valence-corrected chi connectivity index (χ4v) is 3.40. The average Bonchev–Trinajstić information content (AvgIpc) is 3.22. The van der Waals surface area contributed by atoms with Gasteiger partial charge in [-0.1, -0.05) is 12.1 Å². The van der Waals surface area contributed by atoms with E-state index in [9.17, 15) is 18.7 Å². The third kappa shape index (κ3) is 2.66. The number of β-amino-alcohol motifs (C(OH)–C–C–N with tert-alkyl or cyclic N) is 1. The number of H-pyrrole nitrogens is 1. The van der Waals surface area contributed by atoms with Crippen molar-refractivity contribution < 1.29 is 18.7 Å². The van der Waals surface area contributed by atoms with Crippen molar-refractivity contribution in [2.75, 3.05) is 6.54 Å². The number of fused-ring (bicyclic) bond motifs is 1. The highest BCUT2D eigenvalue weighted by atomic mass is 19.1. The molecule has 2 atom stereocenters. The van der Waals surface area contributed by atoms with Crippen LogP contribution in [0.5, 0.6) is 0 Å². The summed E-state index contributed by atoms with van der Waals surface area (Å²) in [4.78, 5) is 14.4. The second-order valence-electron chi connectivity index (χ2n) is 6.17. The zero-order valence-electron chi connectivity index (χ0n) is 13.1. The molecule has 1 fully saturated rings. The Kier molecular flexibility index (Phi) is 3.73. The molecule has 2 N–H and O–H groups in total. The third-order valence-corrected chi connectivity index (χ3v) is 4.56. The van der Waals surface area contributed by atoms with Crippen LogP contribution < -0.4 is 0 Å². The van der Waals surface area contributed by atoms with Crippen molar-refractivity contribution in [3.63, 3.8) is 0 Å². The molecule has 128 valence electrons. The monoisotopic (exact) mass is 343 g/mol. The summed E-state index contributed by atoms with van der Waals surface area (Å²) in [5, 5.41) is 17.5. The van der Waals surface area contributed by atoms with Crippen LogP contribution in [0.15, 0.2) is 42.6 Å². The first-order chi connectivity index (χ1) is 12.0. The number of para-hydroxylation sites is 1. The minimum atomic E-state index is -0.794. The van der Waals surface area contributed by atoms with Gasteiger partial charge in [-0.15, -0.1) is 0 Å². The molecule has 2 aromatic carbocycles. The number of hydrogen-bond acceptors (Lipinski definition) is 3. The van der Waals surface area contributed by atoms with E-state index >= 15 is 0 Å². The highest BCUT2D eigenvalue weighted by Gasteiger charge is 2.37. The zero-order chi connectivity index (χ0) is 17.6.